The molecular formula is C26H27N5O3. The predicted octanol–water partition coefficient (Wildman–Crippen LogP) is 5.35. The van der Waals surface area contributed by atoms with Gasteiger partial charge in [0.25, 0.3) is 0 Å². The molecular weight excluding hydrogens is 430 g/mol. The highest BCUT2D eigenvalue weighted by atomic mass is 16.5. The third-order valence-corrected chi connectivity index (χ3v) is 5.86. The summed E-state index contributed by atoms with van der Waals surface area (Å²) in [7, 11) is -0.629. The van der Waals surface area contributed by atoms with Crippen LogP contribution in [-0.4, -0.2) is 33.7 Å². The van der Waals surface area contributed by atoms with Gasteiger partial charge in [-0.1, -0.05) is 0 Å². The van der Waals surface area contributed by atoms with Crippen LogP contribution in [0.4, 0.5) is 22.0 Å². The van der Waals surface area contributed by atoms with Gasteiger partial charge in [0, 0.05) is 24.4 Å². The maximum absolute atomic E-state index is 14.0. The minimum absolute atomic E-state index is 0.0832. The lowest BCUT2D eigenvalue weighted by atomic mass is 10.1. The van der Waals surface area contributed by atoms with Crippen molar-refractivity contribution in [1.29, 1.82) is 0 Å². The average molecular weight is 461 g/mol. The molecule has 0 saturated heterocycles. The molecule has 0 N–H and O–H groups in total. The molecule has 8 heteroatoms. The molecule has 2 aromatic carbocycles. The molecule has 3 heterocycles. The van der Waals surface area contributed by atoms with Crippen molar-refractivity contribution in [2.45, 2.75) is 33.4 Å². The number of carbonyl (C=O) groups is 1. The fourth-order valence-electron chi connectivity index (χ4n) is 4.10. The Balaban J connectivity index is 1.59. The Morgan fingerprint density at radius 3 is 2.53 bits per heavy atom. The van der Waals surface area contributed by atoms with Crippen LogP contribution in [-0.2, 0) is 13.6 Å². The largest absolute Gasteiger partial charge is 0.497 e. The first-order chi connectivity index (χ1) is 17.5. The lowest BCUT2D eigenvalue weighted by Gasteiger charge is -2.36. The molecule has 0 atom stereocenters. The quantitative estimate of drug-likeness (QED) is 0.401. The number of aromatic nitrogens is 3. The van der Waals surface area contributed by atoms with Crippen LogP contribution in [0.2, 0.25) is 0 Å². The number of ether oxygens (including phenoxy) is 2. The molecule has 174 valence electrons. The maximum atomic E-state index is 14.0. The molecule has 4 aromatic rings. The van der Waals surface area contributed by atoms with Crippen molar-refractivity contribution < 1.29 is 18.4 Å². The Morgan fingerprint density at radius 1 is 1.03 bits per heavy atom. The molecule has 1 aliphatic heterocycles. The minimum atomic E-state index is -2.57. The number of anilines is 3. The summed E-state index contributed by atoms with van der Waals surface area (Å²) in [6.45, 7) is 6.07. The SMILES string of the molecule is [2H]C([2H])([2H])Oc1ccc(N2C(=O)N(c3ccc4nc(C)n(C)c4c3)Cc3ccc(OC(C)C)nc32)cc1. The fourth-order valence-corrected chi connectivity index (χ4v) is 4.10. The van der Waals surface area contributed by atoms with E-state index in [9.17, 15) is 4.79 Å². The van der Waals surface area contributed by atoms with Gasteiger partial charge in [0.1, 0.15) is 17.4 Å². The van der Waals surface area contributed by atoms with Crippen LogP contribution in [0.25, 0.3) is 11.0 Å². The second-order valence-electron chi connectivity index (χ2n) is 8.49. The fraction of sp³-hybridized carbons (Fsp3) is 0.269. The summed E-state index contributed by atoms with van der Waals surface area (Å²) in [6, 6.07) is 15.5. The number of fused-ring (bicyclic) bond motifs is 2. The third kappa shape index (κ3) is 3.71. The van der Waals surface area contributed by atoms with Gasteiger partial charge in [-0.05, 0) is 69.3 Å². The van der Waals surface area contributed by atoms with Gasteiger partial charge in [0.2, 0.25) is 5.88 Å². The molecule has 5 rings (SSSR count). The van der Waals surface area contributed by atoms with Crippen LogP contribution < -0.4 is 19.3 Å². The van der Waals surface area contributed by atoms with E-state index < -0.39 is 7.04 Å². The summed E-state index contributed by atoms with van der Waals surface area (Å²) in [4.78, 5) is 26.4. The van der Waals surface area contributed by atoms with Gasteiger partial charge in [0.15, 0.2) is 0 Å². The zero-order valence-corrected chi connectivity index (χ0v) is 19.4. The number of benzene rings is 2. The molecule has 0 unspecified atom stereocenters. The molecule has 0 aliphatic carbocycles. The summed E-state index contributed by atoms with van der Waals surface area (Å²) >= 11 is 0. The van der Waals surface area contributed by atoms with E-state index in [0.29, 0.717) is 23.9 Å². The number of hydrogen-bond acceptors (Lipinski definition) is 5. The smallest absolute Gasteiger partial charge is 0.335 e. The van der Waals surface area contributed by atoms with Crippen molar-refractivity contribution in [3.63, 3.8) is 0 Å². The molecule has 34 heavy (non-hydrogen) atoms. The van der Waals surface area contributed by atoms with Crippen molar-refractivity contribution in [1.82, 2.24) is 14.5 Å². The van der Waals surface area contributed by atoms with Crippen molar-refractivity contribution in [3.8, 4) is 11.6 Å². The van der Waals surface area contributed by atoms with E-state index in [-0.39, 0.29) is 17.9 Å². The number of methoxy groups -OCH3 is 1. The Labute approximate surface area is 202 Å². The zero-order chi connectivity index (χ0) is 26.5. The second kappa shape index (κ2) is 8.37. The number of rotatable bonds is 5. The molecule has 0 fully saturated rings. The van der Waals surface area contributed by atoms with Crippen molar-refractivity contribution in [2.75, 3.05) is 16.8 Å². The number of hydrogen-bond donors (Lipinski definition) is 0. The number of pyridine rings is 1. The number of nitrogens with zero attached hydrogens (tertiary/aromatic N) is 5. The van der Waals surface area contributed by atoms with Crippen LogP contribution in [0.15, 0.2) is 54.6 Å². The summed E-state index contributed by atoms with van der Waals surface area (Å²) in [5.74, 6) is 1.92. The van der Waals surface area contributed by atoms with Crippen LogP contribution in [0.1, 0.15) is 29.3 Å². The standard InChI is InChI=1S/C26H27N5O3/c1-16(2)34-24-13-6-18-15-30(20-9-12-22-23(14-20)29(4)17(3)27-22)26(32)31(25(18)28-24)19-7-10-21(33-5)11-8-19/h6-14,16H,15H2,1-5H3/i5D3. The Hall–Kier alpha value is -4.07. The summed E-state index contributed by atoms with van der Waals surface area (Å²) in [5, 5.41) is 0. The number of amides is 2. The lowest BCUT2D eigenvalue weighted by Crippen LogP contribution is -2.45. The molecule has 1 aliphatic rings. The maximum Gasteiger partial charge on any atom is 0.335 e. The Bertz CT molecular complexity index is 1480. The summed E-state index contributed by atoms with van der Waals surface area (Å²) in [5.41, 5.74) is 3.85. The highest BCUT2D eigenvalue weighted by molar-refractivity contribution is 6.10. The second-order valence-corrected chi connectivity index (χ2v) is 8.49. The van der Waals surface area contributed by atoms with E-state index >= 15 is 0 Å². The highest BCUT2D eigenvalue weighted by Crippen LogP contribution is 2.38. The number of carbonyl (C=O) groups excluding carboxylic acids is 1. The van der Waals surface area contributed by atoms with Gasteiger partial charge in [-0.3, -0.25) is 4.90 Å². The molecule has 2 amide bonds. The number of aryl methyl sites for hydroxylation is 2. The summed E-state index contributed by atoms with van der Waals surface area (Å²) < 4.78 is 34.8. The predicted molar refractivity (Wildman–Crippen MR) is 132 cm³/mol. The first kappa shape index (κ1) is 18.4. The third-order valence-electron chi connectivity index (χ3n) is 5.86. The van der Waals surface area contributed by atoms with Crippen LogP contribution in [0, 0.1) is 6.92 Å². The van der Waals surface area contributed by atoms with Crippen LogP contribution in [0.3, 0.4) is 0 Å². The molecule has 0 bridgehead atoms. The van der Waals surface area contributed by atoms with Gasteiger partial charge in [0.05, 0.1) is 40.5 Å². The average Bonchev–Trinajstić information content (AvgIpc) is 3.11. The normalized spacial score (nSPS) is 15.2. The van der Waals surface area contributed by atoms with Gasteiger partial charge in [-0.15, -0.1) is 0 Å². The first-order valence-electron chi connectivity index (χ1n) is 12.5. The van der Waals surface area contributed by atoms with Gasteiger partial charge < -0.3 is 14.0 Å². The van der Waals surface area contributed by atoms with Crippen LogP contribution >= 0.6 is 0 Å². The Morgan fingerprint density at radius 2 is 1.79 bits per heavy atom. The van der Waals surface area contributed by atoms with E-state index in [4.69, 9.17) is 13.6 Å². The molecule has 0 spiro atoms. The van der Waals surface area contributed by atoms with Crippen molar-refractivity contribution in [2.24, 2.45) is 7.05 Å². The number of imidazole rings is 1. The zero-order valence-electron chi connectivity index (χ0n) is 22.4. The summed E-state index contributed by atoms with van der Waals surface area (Å²) in [6.07, 6.45) is -0.0832. The van der Waals surface area contributed by atoms with Crippen LogP contribution in [0.5, 0.6) is 11.6 Å². The van der Waals surface area contributed by atoms with E-state index in [1.165, 1.54) is 17.0 Å². The first-order valence-corrected chi connectivity index (χ1v) is 11.0. The van der Waals surface area contributed by atoms with Gasteiger partial charge in [-0.2, -0.15) is 4.98 Å². The van der Waals surface area contributed by atoms with Crippen molar-refractivity contribution >= 4 is 34.3 Å². The van der Waals surface area contributed by atoms with Gasteiger partial charge >= 0.3 is 6.03 Å². The Kier molecular flexibility index (Phi) is 4.52. The van der Waals surface area contributed by atoms with Crippen molar-refractivity contribution in [3.05, 3.63) is 66.0 Å². The topological polar surface area (TPSA) is 72.7 Å². The molecule has 2 aromatic heterocycles. The minimum Gasteiger partial charge on any atom is -0.497 e. The molecule has 0 radical (unpaired) electrons. The molecule has 0 saturated carbocycles. The van der Waals surface area contributed by atoms with E-state index in [0.717, 1.165) is 28.1 Å². The number of urea groups is 1. The van der Waals surface area contributed by atoms with E-state index in [2.05, 4.69) is 9.97 Å². The highest BCUT2D eigenvalue weighted by Gasteiger charge is 2.34. The van der Waals surface area contributed by atoms with Gasteiger partial charge in [-0.25, -0.2) is 14.7 Å². The monoisotopic (exact) mass is 460 g/mol. The molecule has 8 nitrogen and oxygen atoms in total. The van der Waals surface area contributed by atoms with E-state index in [1.54, 1.807) is 23.1 Å². The van der Waals surface area contributed by atoms with E-state index in [1.807, 2.05) is 56.7 Å². The lowest BCUT2D eigenvalue weighted by molar-refractivity contribution is 0.232.